The average Bonchev–Trinajstić information content (AvgIpc) is 3.39. The zero-order valence-electron chi connectivity index (χ0n) is 13.0. The highest BCUT2D eigenvalue weighted by Gasteiger charge is 2.91. The van der Waals surface area contributed by atoms with Crippen molar-refractivity contribution in [2.24, 2.45) is 5.92 Å². The van der Waals surface area contributed by atoms with Gasteiger partial charge in [0.25, 0.3) is 0 Å². The molecule has 0 aromatic heterocycles. The van der Waals surface area contributed by atoms with Crippen LogP contribution in [0.4, 0.5) is 0 Å². The van der Waals surface area contributed by atoms with Crippen molar-refractivity contribution in [3.8, 4) is 11.5 Å². The molecule has 2 heterocycles. The van der Waals surface area contributed by atoms with Crippen molar-refractivity contribution >= 4 is 5.78 Å². The fourth-order valence-corrected chi connectivity index (χ4v) is 6.52. The van der Waals surface area contributed by atoms with Gasteiger partial charge in [0.2, 0.25) is 0 Å². The maximum atomic E-state index is 12.5. The van der Waals surface area contributed by atoms with Gasteiger partial charge in [-0.05, 0) is 49.0 Å². The van der Waals surface area contributed by atoms with E-state index in [1.165, 1.54) is 18.9 Å². The Morgan fingerprint density at radius 1 is 1.33 bits per heavy atom. The molecule has 3 fully saturated rings. The first-order valence-electron chi connectivity index (χ1n) is 8.80. The van der Waals surface area contributed by atoms with Gasteiger partial charge in [-0.1, -0.05) is 6.07 Å². The molecule has 6 atom stereocenters. The molecule has 2 bridgehead atoms. The van der Waals surface area contributed by atoms with Gasteiger partial charge in [0.1, 0.15) is 5.60 Å². The lowest BCUT2D eigenvalue weighted by molar-refractivity contribution is -0.130. The number of likely N-dealkylation sites (tertiary alicyclic amines) is 1. The molecule has 122 valence electrons. The Morgan fingerprint density at radius 2 is 2.17 bits per heavy atom. The molecule has 6 aliphatic rings. The van der Waals surface area contributed by atoms with Crippen molar-refractivity contribution in [2.45, 2.75) is 48.0 Å². The third-order valence-corrected chi connectivity index (χ3v) is 7.53. The van der Waals surface area contributed by atoms with E-state index < -0.39 is 17.1 Å². The minimum absolute atomic E-state index is 0.0315. The third-order valence-electron chi connectivity index (χ3n) is 7.53. The monoisotopic (exact) mass is 323 g/mol. The third kappa shape index (κ3) is 0.930. The first-order chi connectivity index (χ1) is 11.5. The Balaban J connectivity index is 1.55. The Bertz CT molecular complexity index is 905. The lowest BCUT2D eigenvalue weighted by Crippen LogP contribution is -2.62. The smallest absolute Gasteiger partial charge is 0.196 e. The summed E-state index contributed by atoms with van der Waals surface area (Å²) < 4.78 is 5.92. The van der Waals surface area contributed by atoms with Gasteiger partial charge in [0, 0.05) is 12.1 Å². The highest BCUT2D eigenvalue weighted by molar-refractivity contribution is 6.00. The average molecular weight is 323 g/mol. The molecule has 1 unspecified atom stereocenters. The fourth-order valence-electron chi connectivity index (χ4n) is 6.52. The van der Waals surface area contributed by atoms with Crippen molar-refractivity contribution in [2.75, 3.05) is 6.54 Å². The first-order valence-corrected chi connectivity index (χ1v) is 8.80. The number of hydrogen-bond donors (Lipinski definition) is 2. The zero-order chi connectivity index (χ0) is 16.1. The van der Waals surface area contributed by atoms with Gasteiger partial charge in [-0.3, -0.25) is 9.69 Å². The van der Waals surface area contributed by atoms with E-state index in [4.69, 9.17) is 4.74 Å². The van der Waals surface area contributed by atoms with Crippen LogP contribution in [0.2, 0.25) is 0 Å². The number of benzene rings is 1. The molecule has 0 radical (unpaired) electrons. The Kier molecular flexibility index (Phi) is 1.65. The van der Waals surface area contributed by atoms with Gasteiger partial charge >= 0.3 is 0 Å². The maximum absolute atomic E-state index is 12.5. The highest BCUT2D eigenvalue weighted by Crippen LogP contribution is 2.81. The summed E-state index contributed by atoms with van der Waals surface area (Å²) >= 11 is 0. The van der Waals surface area contributed by atoms with Crippen molar-refractivity contribution in [1.82, 2.24) is 4.90 Å². The van der Waals surface area contributed by atoms with E-state index in [1.54, 1.807) is 12.1 Å². The Morgan fingerprint density at radius 3 is 2.96 bits per heavy atom. The summed E-state index contributed by atoms with van der Waals surface area (Å²) in [4.78, 5) is 15.0. The number of phenolic OH excluding ortho intramolecular Hbond substituents is 1. The maximum Gasteiger partial charge on any atom is 0.196 e. The van der Waals surface area contributed by atoms with Gasteiger partial charge in [0.05, 0.1) is 17.0 Å². The SMILES string of the molecule is O=C1C=C[C@@]2(O)C3[N@@](CC4CC4)[C@]34C[C@@]23c2c4ccc(O)c2O[C@@H]13. The number of phenols is 1. The van der Waals surface area contributed by atoms with Crippen molar-refractivity contribution < 1.29 is 19.7 Å². The van der Waals surface area contributed by atoms with E-state index in [9.17, 15) is 15.0 Å². The number of rotatable bonds is 2. The van der Waals surface area contributed by atoms with Gasteiger partial charge in [-0.25, -0.2) is 0 Å². The zero-order valence-corrected chi connectivity index (χ0v) is 13.0. The summed E-state index contributed by atoms with van der Waals surface area (Å²) in [6, 6.07) is 3.69. The normalized spacial score (nSPS) is 50.7. The second-order valence-electron chi connectivity index (χ2n) is 8.47. The molecular weight excluding hydrogens is 306 g/mol. The predicted molar refractivity (Wildman–Crippen MR) is 82.8 cm³/mol. The van der Waals surface area contributed by atoms with Crippen LogP contribution in [0, 0.1) is 5.92 Å². The summed E-state index contributed by atoms with van der Waals surface area (Å²) in [5.41, 5.74) is 0.0875. The van der Waals surface area contributed by atoms with E-state index in [2.05, 4.69) is 4.90 Å². The van der Waals surface area contributed by atoms with Crippen LogP contribution in [-0.4, -0.2) is 45.2 Å². The lowest BCUT2D eigenvalue weighted by Gasteiger charge is -2.44. The molecular formula is C19H17NO4. The van der Waals surface area contributed by atoms with Crippen LogP contribution >= 0.6 is 0 Å². The van der Waals surface area contributed by atoms with Crippen molar-refractivity contribution in [3.05, 3.63) is 35.4 Å². The molecule has 4 aliphatic carbocycles. The Hall–Kier alpha value is -1.85. The molecule has 2 saturated carbocycles. The number of carbonyl (C=O) groups excluding carboxylic acids is 1. The lowest BCUT2D eigenvalue weighted by atomic mass is 9.62. The molecule has 5 nitrogen and oxygen atoms in total. The second kappa shape index (κ2) is 3.16. The summed E-state index contributed by atoms with van der Waals surface area (Å²) in [6.45, 7) is 1.02. The molecule has 24 heavy (non-hydrogen) atoms. The van der Waals surface area contributed by atoms with Gasteiger partial charge in [0.15, 0.2) is 23.4 Å². The van der Waals surface area contributed by atoms with Crippen LogP contribution in [0.5, 0.6) is 11.5 Å². The number of aromatic hydroxyl groups is 1. The van der Waals surface area contributed by atoms with Crippen LogP contribution in [0.3, 0.4) is 0 Å². The topological polar surface area (TPSA) is 69.8 Å². The number of fused-ring (bicyclic) bond motifs is 1. The molecule has 7 rings (SSSR count). The highest BCUT2D eigenvalue weighted by atomic mass is 16.5. The first kappa shape index (κ1) is 12.5. The molecule has 2 N–H and O–H groups in total. The number of carbonyl (C=O) groups is 1. The van der Waals surface area contributed by atoms with E-state index in [0.717, 1.165) is 30.0 Å². The van der Waals surface area contributed by atoms with Crippen LogP contribution < -0.4 is 4.74 Å². The van der Waals surface area contributed by atoms with E-state index in [-0.39, 0.29) is 23.1 Å². The molecule has 1 saturated heterocycles. The van der Waals surface area contributed by atoms with Gasteiger partial charge < -0.3 is 14.9 Å². The molecule has 2 spiro atoms. The minimum Gasteiger partial charge on any atom is -0.504 e. The van der Waals surface area contributed by atoms with Crippen LogP contribution in [0.1, 0.15) is 30.4 Å². The molecule has 1 aromatic carbocycles. The fraction of sp³-hybridized carbons (Fsp3) is 0.526. The summed E-state index contributed by atoms with van der Waals surface area (Å²) in [6.07, 6.45) is 5.77. The largest absolute Gasteiger partial charge is 0.504 e. The molecule has 2 aliphatic heterocycles. The van der Waals surface area contributed by atoms with Crippen LogP contribution in [-0.2, 0) is 15.7 Å². The quantitative estimate of drug-likeness (QED) is 0.794. The van der Waals surface area contributed by atoms with Crippen LogP contribution in [0.25, 0.3) is 0 Å². The number of piperidine rings is 1. The number of nitrogens with zero attached hydrogens (tertiary/aromatic N) is 1. The predicted octanol–water partition coefficient (Wildman–Crippen LogP) is 0.968. The summed E-state index contributed by atoms with van der Waals surface area (Å²) in [5, 5.41) is 22.0. The summed E-state index contributed by atoms with van der Waals surface area (Å²) in [7, 11) is 0. The molecule has 1 aromatic rings. The number of ether oxygens (including phenoxy) is 1. The second-order valence-corrected chi connectivity index (χ2v) is 8.47. The van der Waals surface area contributed by atoms with E-state index in [1.807, 2.05) is 6.07 Å². The van der Waals surface area contributed by atoms with Crippen LogP contribution in [0.15, 0.2) is 24.3 Å². The van der Waals surface area contributed by atoms with E-state index in [0.29, 0.717) is 5.75 Å². The van der Waals surface area contributed by atoms with Crippen molar-refractivity contribution in [3.63, 3.8) is 0 Å². The molecule has 0 amide bonds. The van der Waals surface area contributed by atoms with Gasteiger partial charge in [-0.15, -0.1) is 0 Å². The summed E-state index contributed by atoms with van der Waals surface area (Å²) in [5.74, 6) is 1.13. The Labute approximate surface area is 138 Å². The minimum atomic E-state index is -1.08. The number of aliphatic hydroxyl groups is 1. The van der Waals surface area contributed by atoms with Gasteiger partial charge in [-0.2, -0.15) is 0 Å². The van der Waals surface area contributed by atoms with E-state index >= 15 is 0 Å². The number of hydrogen-bond acceptors (Lipinski definition) is 5. The standard InChI is InChI=1S/C19H17NO4/c21-11-4-3-10-13-14(11)24-15-12(22)5-6-19(23)16-18(10,8-17(13,15)19)20(16)7-9-1-2-9/h3-6,9,15-16,21,23H,1-2,7-8H2/t15-,16?,17-,18-,19+,20+/m0/s1. The van der Waals surface area contributed by atoms with Crippen molar-refractivity contribution in [1.29, 1.82) is 0 Å². The number of ketones is 1. The molecule has 5 heteroatoms.